The lowest BCUT2D eigenvalue weighted by Crippen LogP contribution is -2.31. The number of nitrogens with one attached hydrogen (secondary N) is 1. The van der Waals surface area contributed by atoms with Crippen LogP contribution in [-0.4, -0.2) is 16.9 Å². The van der Waals surface area contributed by atoms with Gasteiger partial charge in [-0.1, -0.05) is 0 Å². The van der Waals surface area contributed by atoms with Crippen LogP contribution in [0.25, 0.3) is 0 Å². The van der Waals surface area contributed by atoms with E-state index in [4.69, 9.17) is 5.26 Å². The Morgan fingerprint density at radius 1 is 1.65 bits per heavy atom. The maximum absolute atomic E-state index is 13.3. The summed E-state index contributed by atoms with van der Waals surface area (Å²) >= 11 is 0. The number of non-ortho nitro benzene ring substituents is 1. The molecule has 0 heterocycles. The first-order chi connectivity index (χ1) is 7.95. The van der Waals surface area contributed by atoms with Crippen LogP contribution in [0.2, 0.25) is 0 Å². The van der Waals surface area contributed by atoms with Gasteiger partial charge >= 0.3 is 0 Å². The predicted molar refractivity (Wildman–Crippen MR) is 55.6 cm³/mol. The van der Waals surface area contributed by atoms with Gasteiger partial charge < -0.3 is 5.32 Å². The van der Waals surface area contributed by atoms with Gasteiger partial charge in [0.2, 0.25) is 0 Å². The molecule has 6 nitrogen and oxygen atoms in total. The molecular weight excluding hydrogens is 229 g/mol. The third kappa shape index (κ3) is 2.98. The molecule has 0 saturated heterocycles. The molecule has 7 heteroatoms. The number of hydrogen-bond donors (Lipinski definition) is 1. The van der Waals surface area contributed by atoms with E-state index in [1.807, 2.05) is 0 Å². The second-order valence-electron chi connectivity index (χ2n) is 3.25. The Kier molecular flexibility index (Phi) is 3.72. The number of nitrogens with zero attached hydrogens (tertiary/aromatic N) is 2. The van der Waals surface area contributed by atoms with Gasteiger partial charge in [-0.3, -0.25) is 14.9 Å². The van der Waals surface area contributed by atoms with Crippen molar-refractivity contribution in [3.8, 4) is 6.07 Å². The number of carbonyl (C=O) groups is 1. The van der Waals surface area contributed by atoms with Crippen molar-refractivity contribution in [1.29, 1.82) is 5.26 Å². The highest BCUT2D eigenvalue weighted by Crippen LogP contribution is 2.16. The van der Waals surface area contributed by atoms with Gasteiger partial charge in [-0.25, -0.2) is 4.39 Å². The fourth-order valence-electron chi connectivity index (χ4n) is 1.11. The maximum Gasteiger partial charge on any atom is 0.270 e. The zero-order valence-electron chi connectivity index (χ0n) is 8.81. The molecule has 1 aromatic rings. The van der Waals surface area contributed by atoms with E-state index >= 15 is 0 Å². The minimum Gasteiger partial charge on any atom is -0.336 e. The smallest absolute Gasteiger partial charge is 0.270 e. The summed E-state index contributed by atoms with van der Waals surface area (Å²) in [5.41, 5.74) is -0.845. The average molecular weight is 237 g/mol. The van der Waals surface area contributed by atoms with Crippen molar-refractivity contribution < 1.29 is 14.1 Å². The number of nitro benzene ring substituents is 1. The Labute approximate surface area is 95.8 Å². The molecule has 0 radical (unpaired) electrons. The van der Waals surface area contributed by atoms with Crippen LogP contribution >= 0.6 is 0 Å². The van der Waals surface area contributed by atoms with E-state index in [0.29, 0.717) is 0 Å². The van der Waals surface area contributed by atoms with E-state index in [-0.39, 0.29) is 5.69 Å². The molecule has 17 heavy (non-hydrogen) atoms. The van der Waals surface area contributed by atoms with Crippen molar-refractivity contribution in [2.45, 2.75) is 13.0 Å². The zero-order chi connectivity index (χ0) is 13.0. The Bertz CT molecular complexity index is 510. The monoisotopic (exact) mass is 237 g/mol. The van der Waals surface area contributed by atoms with Gasteiger partial charge in [0.25, 0.3) is 11.6 Å². The second kappa shape index (κ2) is 5.03. The van der Waals surface area contributed by atoms with Gasteiger partial charge in [0.1, 0.15) is 11.9 Å². The average Bonchev–Trinajstić information content (AvgIpc) is 2.28. The number of nitriles is 1. The van der Waals surface area contributed by atoms with Crippen LogP contribution in [-0.2, 0) is 0 Å². The summed E-state index contributed by atoms with van der Waals surface area (Å²) in [6.45, 7) is 1.41. The van der Waals surface area contributed by atoms with Crippen molar-refractivity contribution in [2.24, 2.45) is 0 Å². The van der Waals surface area contributed by atoms with Gasteiger partial charge in [0.15, 0.2) is 0 Å². The molecule has 1 amide bonds. The third-order valence-electron chi connectivity index (χ3n) is 1.95. The quantitative estimate of drug-likeness (QED) is 0.634. The summed E-state index contributed by atoms with van der Waals surface area (Å²) < 4.78 is 13.3. The number of amides is 1. The van der Waals surface area contributed by atoms with Crippen molar-refractivity contribution in [3.63, 3.8) is 0 Å². The number of hydrogen-bond acceptors (Lipinski definition) is 4. The second-order valence-corrected chi connectivity index (χ2v) is 3.25. The molecular formula is C10H8FN3O3. The fraction of sp³-hybridized carbons (Fsp3) is 0.200. The van der Waals surface area contributed by atoms with Crippen LogP contribution in [0.4, 0.5) is 10.1 Å². The summed E-state index contributed by atoms with van der Waals surface area (Å²) in [5.74, 6) is -1.74. The number of nitro groups is 1. The number of halogens is 1. The zero-order valence-corrected chi connectivity index (χ0v) is 8.81. The Morgan fingerprint density at radius 3 is 2.82 bits per heavy atom. The molecule has 1 unspecified atom stereocenters. The number of carbonyl (C=O) groups excluding carboxylic acids is 1. The third-order valence-corrected chi connectivity index (χ3v) is 1.95. The lowest BCUT2D eigenvalue weighted by atomic mass is 10.1. The molecule has 0 aliphatic heterocycles. The Hall–Kier alpha value is -2.49. The number of rotatable bonds is 3. The van der Waals surface area contributed by atoms with E-state index < -0.39 is 28.3 Å². The Balaban J connectivity index is 3.05. The van der Waals surface area contributed by atoms with Gasteiger partial charge in [-0.05, 0) is 13.0 Å². The summed E-state index contributed by atoms with van der Waals surface area (Å²) in [6.07, 6.45) is 0. The molecule has 0 saturated carbocycles. The van der Waals surface area contributed by atoms with E-state index in [9.17, 15) is 19.3 Å². The molecule has 1 N–H and O–H groups in total. The predicted octanol–water partition coefficient (Wildman–Crippen LogP) is 1.38. The SMILES string of the molecule is CC(C#N)NC(=O)c1cc([N+](=O)[O-])ccc1F. The summed E-state index contributed by atoms with van der Waals surface area (Å²) in [4.78, 5) is 21.2. The molecule has 1 aromatic carbocycles. The summed E-state index contributed by atoms with van der Waals surface area (Å²) in [5, 5.41) is 21.1. The molecule has 0 aliphatic rings. The molecule has 0 aliphatic carbocycles. The highest BCUT2D eigenvalue weighted by atomic mass is 19.1. The van der Waals surface area contributed by atoms with Crippen LogP contribution in [0.5, 0.6) is 0 Å². The molecule has 0 bridgehead atoms. The molecule has 1 rings (SSSR count). The van der Waals surface area contributed by atoms with E-state index in [1.165, 1.54) is 6.92 Å². The Morgan fingerprint density at radius 2 is 2.29 bits per heavy atom. The lowest BCUT2D eigenvalue weighted by Gasteiger charge is -2.06. The molecule has 0 aromatic heterocycles. The van der Waals surface area contributed by atoms with Crippen LogP contribution in [0.3, 0.4) is 0 Å². The van der Waals surface area contributed by atoms with Gasteiger partial charge in [-0.15, -0.1) is 0 Å². The van der Waals surface area contributed by atoms with E-state index in [1.54, 1.807) is 6.07 Å². The van der Waals surface area contributed by atoms with Gasteiger partial charge in [0.05, 0.1) is 16.6 Å². The lowest BCUT2D eigenvalue weighted by molar-refractivity contribution is -0.384. The highest BCUT2D eigenvalue weighted by Gasteiger charge is 2.17. The first kappa shape index (κ1) is 12.6. The molecule has 0 spiro atoms. The largest absolute Gasteiger partial charge is 0.336 e. The highest BCUT2D eigenvalue weighted by molar-refractivity contribution is 5.95. The molecule has 0 fully saturated rings. The first-order valence-corrected chi connectivity index (χ1v) is 4.60. The number of benzene rings is 1. The van der Waals surface area contributed by atoms with Gasteiger partial charge in [-0.2, -0.15) is 5.26 Å². The van der Waals surface area contributed by atoms with E-state index in [2.05, 4.69) is 5.32 Å². The van der Waals surface area contributed by atoms with Crippen molar-refractivity contribution >= 4 is 11.6 Å². The maximum atomic E-state index is 13.3. The van der Waals surface area contributed by atoms with Crippen LogP contribution in [0.1, 0.15) is 17.3 Å². The first-order valence-electron chi connectivity index (χ1n) is 4.60. The summed E-state index contributed by atoms with van der Waals surface area (Å²) in [6, 6.07) is 3.55. The van der Waals surface area contributed by atoms with Crippen LogP contribution in [0.15, 0.2) is 18.2 Å². The fourth-order valence-corrected chi connectivity index (χ4v) is 1.11. The van der Waals surface area contributed by atoms with Crippen molar-refractivity contribution in [1.82, 2.24) is 5.32 Å². The minimum absolute atomic E-state index is 0.388. The van der Waals surface area contributed by atoms with Gasteiger partial charge in [0, 0.05) is 12.1 Å². The minimum atomic E-state index is -0.877. The topological polar surface area (TPSA) is 96.0 Å². The molecule has 88 valence electrons. The molecule has 1 atom stereocenters. The van der Waals surface area contributed by atoms with Crippen molar-refractivity contribution in [2.75, 3.05) is 0 Å². The van der Waals surface area contributed by atoms with Crippen LogP contribution < -0.4 is 5.32 Å². The van der Waals surface area contributed by atoms with E-state index in [0.717, 1.165) is 18.2 Å². The van der Waals surface area contributed by atoms with Crippen LogP contribution in [0, 0.1) is 27.3 Å². The van der Waals surface area contributed by atoms with Crippen molar-refractivity contribution in [3.05, 3.63) is 39.7 Å². The normalized spacial score (nSPS) is 11.4. The summed E-state index contributed by atoms with van der Waals surface area (Å²) in [7, 11) is 0. The standard InChI is InChI=1S/C10H8FN3O3/c1-6(5-12)13-10(15)8-4-7(14(16)17)2-3-9(8)11/h2-4,6H,1H3,(H,13,15).